The fourth-order valence-electron chi connectivity index (χ4n) is 4.86. The van der Waals surface area contributed by atoms with Gasteiger partial charge < -0.3 is 29.0 Å². The number of amides is 1. The van der Waals surface area contributed by atoms with Crippen molar-refractivity contribution in [2.75, 3.05) is 28.4 Å². The third-order valence-electron chi connectivity index (χ3n) is 6.48. The van der Waals surface area contributed by atoms with Crippen molar-refractivity contribution in [2.24, 2.45) is 0 Å². The molecule has 0 saturated carbocycles. The van der Waals surface area contributed by atoms with Crippen LogP contribution in [0.1, 0.15) is 34.0 Å². The second-order valence-corrected chi connectivity index (χ2v) is 8.87. The molecule has 0 spiro atoms. The lowest BCUT2D eigenvalue weighted by Gasteiger charge is -2.26. The summed E-state index contributed by atoms with van der Waals surface area (Å²) in [7, 11) is 5.93. The van der Waals surface area contributed by atoms with Crippen LogP contribution in [0.5, 0.6) is 23.0 Å². The highest BCUT2D eigenvalue weighted by atomic mass is 16.5. The lowest BCUT2D eigenvalue weighted by molar-refractivity contribution is -0.140. The molecule has 198 valence electrons. The summed E-state index contributed by atoms with van der Waals surface area (Å²) in [6.07, 6.45) is 1.61. The zero-order valence-corrected chi connectivity index (χ0v) is 22.2. The summed E-state index contributed by atoms with van der Waals surface area (Å²) in [6, 6.07) is 11.3. The Kier molecular flexibility index (Phi) is 7.57. The van der Waals surface area contributed by atoms with Gasteiger partial charge in [-0.05, 0) is 60.9 Å². The Labute approximate surface area is 221 Å². The molecule has 4 rings (SSSR count). The van der Waals surface area contributed by atoms with Crippen LogP contribution in [0.2, 0.25) is 0 Å². The lowest BCUT2D eigenvalue weighted by atomic mass is 9.93. The van der Waals surface area contributed by atoms with Crippen LogP contribution in [0.15, 0.2) is 54.2 Å². The van der Waals surface area contributed by atoms with Crippen molar-refractivity contribution in [1.82, 2.24) is 9.88 Å². The second-order valence-electron chi connectivity index (χ2n) is 8.87. The SMILES string of the molecule is COc1cc(C2/C(=C(\O)c3cc(C)cc(C)c3OC)C(=O)C(=O)N2Cc2ccccn2)cc(OC)c1OC. The van der Waals surface area contributed by atoms with Crippen molar-refractivity contribution in [3.05, 3.63) is 82.2 Å². The summed E-state index contributed by atoms with van der Waals surface area (Å²) >= 11 is 0. The van der Waals surface area contributed by atoms with Crippen LogP contribution < -0.4 is 18.9 Å². The van der Waals surface area contributed by atoms with Gasteiger partial charge in [0, 0.05) is 6.20 Å². The van der Waals surface area contributed by atoms with Crippen LogP contribution in [0.4, 0.5) is 0 Å². The van der Waals surface area contributed by atoms with E-state index in [4.69, 9.17) is 18.9 Å². The van der Waals surface area contributed by atoms with Crippen LogP contribution in [-0.4, -0.2) is 55.1 Å². The van der Waals surface area contributed by atoms with Gasteiger partial charge in [0.15, 0.2) is 11.5 Å². The number of Topliss-reactive ketones (excluding diaryl/α,β-unsaturated/α-hetero) is 1. The maximum atomic E-state index is 13.5. The molecule has 1 saturated heterocycles. The minimum atomic E-state index is -0.976. The molecule has 9 heteroatoms. The fraction of sp³-hybridized carbons (Fsp3) is 0.276. The van der Waals surface area contributed by atoms with E-state index in [9.17, 15) is 14.7 Å². The van der Waals surface area contributed by atoms with E-state index in [0.29, 0.717) is 39.8 Å². The summed E-state index contributed by atoms with van der Waals surface area (Å²) in [5.41, 5.74) is 2.94. The van der Waals surface area contributed by atoms with Crippen molar-refractivity contribution in [3.8, 4) is 23.0 Å². The molecule has 0 radical (unpaired) electrons. The Morgan fingerprint density at radius 1 is 0.921 bits per heavy atom. The average Bonchev–Trinajstić information content (AvgIpc) is 3.16. The molecule has 9 nitrogen and oxygen atoms in total. The number of pyridine rings is 1. The molecule has 1 unspecified atom stereocenters. The minimum Gasteiger partial charge on any atom is -0.507 e. The molecular formula is C29H30N2O7. The molecule has 1 amide bonds. The molecule has 3 aromatic rings. The molecule has 1 N–H and O–H groups in total. The third-order valence-corrected chi connectivity index (χ3v) is 6.48. The number of ketones is 1. The van der Waals surface area contributed by atoms with Crippen LogP contribution in [0.25, 0.3) is 5.76 Å². The van der Waals surface area contributed by atoms with E-state index >= 15 is 0 Å². The summed E-state index contributed by atoms with van der Waals surface area (Å²) in [5, 5.41) is 11.6. The highest BCUT2D eigenvalue weighted by Crippen LogP contribution is 2.47. The first-order chi connectivity index (χ1) is 18.2. The highest BCUT2D eigenvalue weighted by molar-refractivity contribution is 6.46. The highest BCUT2D eigenvalue weighted by Gasteiger charge is 2.47. The second kappa shape index (κ2) is 10.8. The van der Waals surface area contributed by atoms with Gasteiger partial charge in [-0.25, -0.2) is 0 Å². The first-order valence-corrected chi connectivity index (χ1v) is 11.9. The zero-order chi connectivity index (χ0) is 27.6. The van der Waals surface area contributed by atoms with Gasteiger partial charge in [0.25, 0.3) is 11.7 Å². The van der Waals surface area contributed by atoms with E-state index < -0.39 is 17.7 Å². The molecule has 1 fully saturated rings. The van der Waals surface area contributed by atoms with Crippen LogP contribution in [-0.2, 0) is 16.1 Å². The number of carbonyl (C=O) groups excluding carboxylic acids is 2. The Morgan fingerprint density at radius 3 is 2.13 bits per heavy atom. The topological polar surface area (TPSA) is 107 Å². The Hall–Kier alpha value is -4.53. The Morgan fingerprint density at radius 2 is 1.58 bits per heavy atom. The van der Waals surface area contributed by atoms with Gasteiger partial charge in [0.2, 0.25) is 5.75 Å². The smallest absolute Gasteiger partial charge is 0.296 e. The van der Waals surface area contributed by atoms with E-state index in [2.05, 4.69) is 4.98 Å². The lowest BCUT2D eigenvalue weighted by Crippen LogP contribution is -2.29. The monoisotopic (exact) mass is 518 g/mol. The van der Waals surface area contributed by atoms with Crippen molar-refractivity contribution >= 4 is 17.4 Å². The van der Waals surface area contributed by atoms with Crippen LogP contribution in [0.3, 0.4) is 0 Å². The number of likely N-dealkylation sites (tertiary alicyclic amines) is 1. The number of rotatable bonds is 8. The number of carbonyl (C=O) groups is 2. The molecule has 2 aromatic carbocycles. The summed E-state index contributed by atoms with van der Waals surface area (Å²) in [5.74, 6) is -0.473. The van der Waals surface area contributed by atoms with Gasteiger partial charge in [-0.2, -0.15) is 0 Å². The van der Waals surface area contributed by atoms with Crippen LogP contribution in [0, 0.1) is 13.8 Å². The maximum absolute atomic E-state index is 13.5. The molecule has 1 aromatic heterocycles. The average molecular weight is 519 g/mol. The predicted molar refractivity (Wildman–Crippen MR) is 141 cm³/mol. The van der Waals surface area contributed by atoms with E-state index in [1.165, 1.54) is 33.3 Å². The van der Waals surface area contributed by atoms with Gasteiger partial charge in [-0.15, -0.1) is 0 Å². The quantitative estimate of drug-likeness (QED) is 0.266. The fourth-order valence-corrected chi connectivity index (χ4v) is 4.86. The molecule has 38 heavy (non-hydrogen) atoms. The van der Waals surface area contributed by atoms with Crippen molar-refractivity contribution < 1.29 is 33.6 Å². The molecule has 1 atom stereocenters. The molecular weight excluding hydrogens is 488 g/mol. The van der Waals surface area contributed by atoms with Crippen molar-refractivity contribution in [3.63, 3.8) is 0 Å². The molecule has 0 bridgehead atoms. The van der Waals surface area contributed by atoms with Crippen LogP contribution >= 0.6 is 0 Å². The zero-order valence-electron chi connectivity index (χ0n) is 22.2. The molecule has 1 aliphatic rings. The third kappa shape index (κ3) is 4.63. The summed E-state index contributed by atoms with van der Waals surface area (Å²) in [4.78, 5) is 32.7. The maximum Gasteiger partial charge on any atom is 0.296 e. The summed E-state index contributed by atoms with van der Waals surface area (Å²) < 4.78 is 22.1. The van der Waals surface area contributed by atoms with Gasteiger partial charge in [-0.1, -0.05) is 12.1 Å². The number of hydrogen-bond donors (Lipinski definition) is 1. The van der Waals surface area contributed by atoms with E-state index in [-0.39, 0.29) is 17.9 Å². The number of hydrogen-bond acceptors (Lipinski definition) is 8. The standard InChI is InChI=1S/C29H30N2O7/c1-16-11-17(2)27(37-5)20(12-16)25(32)23-24(18-13-21(35-3)28(38-6)22(14-18)36-4)31(29(34)26(23)33)15-19-9-7-8-10-30-19/h7-14,24,32H,15H2,1-6H3/b25-23+. The van der Waals surface area contributed by atoms with Gasteiger partial charge in [0.05, 0.1) is 57.9 Å². The number of aliphatic hydroxyl groups is 1. The minimum absolute atomic E-state index is 0.0352. The predicted octanol–water partition coefficient (Wildman–Crippen LogP) is 4.35. The van der Waals surface area contributed by atoms with E-state index in [1.807, 2.05) is 19.9 Å². The number of benzene rings is 2. The Bertz CT molecular complexity index is 1390. The normalized spacial score (nSPS) is 16.5. The van der Waals surface area contributed by atoms with Crippen molar-refractivity contribution in [2.45, 2.75) is 26.4 Å². The molecule has 0 aliphatic carbocycles. The van der Waals surface area contributed by atoms with Gasteiger partial charge in [0.1, 0.15) is 11.5 Å². The number of aliphatic hydroxyl groups excluding tert-OH is 1. The van der Waals surface area contributed by atoms with Gasteiger partial charge >= 0.3 is 0 Å². The van der Waals surface area contributed by atoms with Crippen molar-refractivity contribution in [1.29, 1.82) is 0 Å². The van der Waals surface area contributed by atoms with E-state index in [1.54, 1.807) is 42.6 Å². The first kappa shape index (κ1) is 26.5. The number of nitrogens with zero attached hydrogens (tertiary/aromatic N) is 2. The summed E-state index contributed by atoms with van der Waals surface area (Å²) in [6.45, 7) is 3.76. The Balaban J connectivity index is 2.01. The van der Waals surface area contributed by atoms with Gasteiger partial charge in [-0.3, -0.25) is 14.6 Å². The number of ether oxygens (including phenoxy) is 4. The molecule has 1 aliphatic heterocycles. The molecule has 2 heterocycles. The van der Waals surface area contributed by atoms with E-state index in [0.717, 1.165) is 11.1 Å². The number of methoxy groups -OCH3 is 4. The first-order valence-electron chi connectivity index (χ1n) is 11.9. The number of aromatic nitrogens is 1. The number of aryl methyl sites for hydroxylation is 2. The largest absolute Gasteiger partial charge is 0.507 e.